The summed E-state index contributed by atoms with van der Waals surface area (Å²) in [6, 6.07) is 14.7. The van der Waals surface area contributed by atoms with E-state index in [9.17, 15) is 4.79 Å². The summed E-state index contributed by atoms with van der Waals surface area (Å²) in [4.78, 5) is 21.9. The zero-order chi connectivity index (χ0) is 28.3. The van der Waals surface area contributed by atoms with Gasteiger partial charge in [0.15, 0.2) is 0 Å². The maximum absolute atomic E-state index is 12.1. The average Bonchev–Trinajstić information content (AvgIpc) is 3.54. The number of esters is 1. The molecule has 41 heavy (non-hydrogen) atoms. The third-order valence-electron chi connectivity index (χ3n) is 7.66. The molecule has 0 unspecified atom stereocenters. The monoisotopic (exact) mass is 598 g/mol. The molecule has 216 valence electrons. The van der Waals surface area contributed by atoms with Gasteiger partial charge in [0.25, 0.3) is 5.95 Å². The number of nitrogens with zero attached hydrogens (tertiary/aromatic N) is 4. The summed E-state index contributed by atoms with van der Waals surface area (Å²) in [5.74, 6) is 1.96. The van der Waals surface area contributed by atoms with Gasteiger partial charge in [0.05, 0.1) is 49.4 Å². The average molecular weight is 600 g/mol. The van der Waals surface area contributed by atoms with Crippen LogP contribution in [0.25, 0.3) is 11.0 Å². The number of benzene rings is 2. The van der Waals surface area contributed by atoms with E-state index >= 15 is 0 Å². The number of imidazole rings is 1. The van der Waals surface area contributed by atoms with E-state index in [2.05, 4.69) is 14.4 Å². The number of hydrogen-bond donors (Lipinski definition) is 0. The molecule has 0 amide bonds. The Morgan fingerprint density at radius 2 is 1.80 bits per heavy atom. The molecule has 0 aliphatic carbocycles. The molecule has 0 N–H and O–H groups in total. The molecule has 2 aromatic heterocycles. The lowest BCUT2D eigenvalue weighted by molar-refractivity contribution is -0.0592. The van der Waals surface area contributed by atoms with Gasteiger partial charge in [0, 0.05) is 54.5 Å². The predicted octanol–water partition coefficient (Wildman–Crippen LogP) is 5.41. The lowest BCUT2D eigenvalue weighted by Gasteiger charge is -2.34. The van der Waals surface area contributed by atoms with Crippen LogP contribution in [0.2, 0.25) is 10.0 Å². The van der Waals surface area contributed by atoms with Crippen molar-refractivity contribution in [3.63, 3.8) is 0 Å². The van der Waals surface area contributed by atoms with E-state index in [4.69, 9.17) is 46.8 Å². The Morgan fingerprint density at radius 1 is 1.02 bits per heavy atom. The van der Waals surface area contributed by atoms with Gasteiger partial charge >= 0.3 is 5.97 Å². The summed E-state index contributed by atoms with van der Waals surface area (Å²) in [7, 11) is 1.40. The lowest BCUT2D eigenvalue weighted by Crippen LogP contribution is -2.45. The number of carbonyl (C=O) groups excluding carboxylic acids is 1. The fraction of sp³-hybridized carbons (Fsp3) is 0.400. The molecular formula is C30H32Cl2N4O5. The Kier molecular flexibility index (Phi) is 8.50. The van der Waals surface area contributed by atoms with Crippen molar-refractivity contribution in [1.82, 2.24) is 19.4 Å². The van der Waals surface area contributed by atoms with Crippen LogP contribution in [0.1, 0.15) is 33.9 Å². The summed E-state index contributed by atoms with van der Waals surface area (Å²) in [6.45, 7) is 6.92. The SMILES string of the molecule is COC(=O)c1ccc2nc(CN3CCN(Cc4ccc(OCc5ccc(Cl)cc5Cl)o4)CC3)n(C[C@@H]3CCO3)c2c1. The second-order valence-corrected chi connectivity index (χ2v) is 11.3. The zero-order valence-electron chi connectivity index (χ0n) is 22.9. The third-order valence-corrected chi connectivity index (χ3v) is 8.25. The van der Waals surface area contributed by atoms with Gasteiger partial charge in [-0.15, -0.1) is 0 Å². The predicted molar refractivity (Wildman–Crippen MR) is 155 cm³/mol. The highest BCUT2D eigenvalue weighted by atomic mass is 35.5. The van der Waals surface area contributed by atoms with E-state index in [0.717, 1.165) is 80.5 Å². The Hall–Kier alpha value is -3.08. The number of hydrogen-bond acceptors (Lipinski definition) is 8. The van der Waals surface area contributed by atoms with Crippen LogP contribution < -0.4 is 4.74 Å². The van der Waals surface area contributed by atoms with E-state index in [1.165, 1.54) is 7.11 Å². The van der Waals surface area contributed by atoms with Crippen LogP contribution >= 0.6 is 23.2 Å². The minimum Gasteiger partial charge on any atom is -0.465 e. The van der Waals surface area contributed by atoms with Gasteiger partial charge in [-0.25, -0.2) is 9.78 Å². The van der Waals surface area contributed by atoms with Crippen LogP contribution in [0, 0.1) is 0 Å². The number of piperazine rings is 1. The first kappa shape index (κ1) is 28.1. The zero-order valence-corrected chi connectivity index (χ0v) is 24.4. The molecule has 0 saturated carbocycles. The van der Waals surface area contributed by atoms with Crippen LogP contribution in [0.5, 0.6) is 5.95 Å². The normalized spacial score (nSPS) is 18.0. The number of fused-ring (bicyclic) bond motifs is 1. The summed E-state index contributed by atoms with van der Waals surface area (Å²) in [5.41, 5.74) is 3.19. The molecule has 2 aromatic carbocycles. The molecule has 6 rings (SSSR count). The van der Waals surface area contributed by atoms with Crippen LogP contribution in [0.15, 0.2) is 52.9 Å². The highest BCUT2D eigenvalue weighted by Gasteiger charge is 2.25. The molecule has 0 spiro atoms. The molecule has 4 heterocycles. The second kappa shape index (κ2) is 12.4. The lowest BCUT2D eigenvalue weighted by atomic mass is 10.1. The molecule has 11 heteroatoms. The molecule has 9 nitrogen and oxygen atoms in total. The summed E-state index contributed by atoms with van der Waals surface area (Å²) in [6.07, 6.45) is 1.21. The van der Waals surface area contributed by atoms with Crippen molar-refractivity contribution < 1.29 is 23.4 Å². The Labute approximate surface area is 248 Å². The fourth-order valence-corrected chi connectivity index (χ4v) is 5.67. The van der Waals surface area contributed by atoms with Crippen LogP contribution in [-0.4, -0.2) is 71.3 Å². The number of aromatic nitrogens is 2. The molecule has 0 radical (unpaired) electrons. The Balaban J connectivity index is 1.05. The van der Waals surface area contributed by atoms with Gasteiger partial charge in [-0.2, -0.15) is 0 Å². The van der Waals surface area contributed by atoms with Gasteiger partial charge in [-0.05, 0) is 42.8 Å². The van der Waals surface area contributed by atoms with Crippen molar-refractivity contribution in [3.05, 3.63) is 81.3 Å². The maximum atomic E-state index is 12.1. The van der Waals surface area contributed by atoms with E-state index in [0.29, 0.717) is 34.7 Å². The summed E-state index contributed by atoms with van der Waals surface area (Å²) in [5, 5.41) is 1.16. The smallest absolute Gasteiger partial charge is 0.337 e. The molecular weight excluding hydrogens is 567 g/mol. The van der Waals surface area contributed by atoms with E-state index in [1.807, 2.05) is 30.3 Å². The first-order valence-corrected chi connectivity index (χ1v) is 14.5. The van der Waals surface area contributed by atoms with Crippen LogP contribution in [0.3, 0.4) is 0 Å². The van der Waals surface area contributed by atoms with Gasteiger partial charge < -0.3 is 23.2 Å². The number of methoxy groups -OCH3 is 1. The largest absolute Gasteiger partial charge is 0.465 e. The van der Waals surface area contributed by atoms with Gasteiger partial charge in [0.2, 0.25) is 0 Å². The first-order chi connectivity index (χ1) is 19.9. The van der Waals surface area contributed by atoms with Crippen molar-refractivity contribution in [2.24, 2.45) is 0 Å². The standard InChI is InChI=1S/C30H32Cl2N4O5/c1-38-30(37)20-3-6-26-27(14-20)36(17-23-8-13-39-23)28(33-26)18-35-11-9-34(10-12-35)16-24-5-7-29(41-24)40-19-21-2-4-22(31)15-25(21)32/h2-7,14-15,23H,8-13,16-19H2,1H3/t23-/m0/s1. The minimum absolute atomic E-state index is 0.176. The Bertz CT molecular complexity index is 1520. The van der Waals surface area contributed by atoms with Gasteiger partial charge in [-0.3, -0.25) is 9.80 Å². The fourth-order valence-electron chi connectivity index (χ4n) is 5.21. The molecule has 2 fully saturated rings. The second-order valence-electron chi connectivity index (χ2n) is 10.4. The molecule has 1 atom stereocenters. The number of furan rings is 1. The molecule has 2 aliphatic heterocycles. The van der Waals surface area contributed by atoms with Gasteiger partial charge in [-0.1, -0.05) is 29.3 Å². The number of rotatable bonds is 10. The quantitative estimate of drug-likeness (QED) is 0.224. The van der Waals surface area contributed by atoms with Crippen molar-refractivity contribution in [1.29, 1.82) is 0 Å². The highest BCUT2D eigenvalue weighted by Crippen LogP contribution is 2.26. The molecule has 4 aromatic rings. The minimum atomic E-state index is -0.349. The number of halogens is 2. The van der Waals surface area contributed by atoms with Crippen molar-refractivity contribution in [3.8, 4) is 5.95 Å². The topological polar surface area (TPSA) is 82.2 Å². The van der Waals surface area contributed by atoms with Crippen LogP contribution in [-0.2, 0) is 35.7 Å². The number of carbonyl (C=O) groups is 1. The van der Waals surface area contributed by atoms with Gasteiger partial charge in [0.1, 0.15) is 18.2 Å². The molecule has 2 saturated heterocycles. The molecule has 2 aliphatic rings. The molecule has 0 bridgehead atoms. The summed E-state index contributed by atoms with van der Waals surface area (Å²) < 4.78 is 24.6. The van der Waals surface area contributed by atoms with E-state index in [-0.39, 0.29) is 12.1 Å². The van der Waals surface area contributed by atoms with Crippen molar-refractivity contribution in [2.45, 2.75) is 38.8 Å². The van der Waals surface area contributed by atoms with Crippen LogP contribution in [0.4, 0.5) is 0 Å². The van der Waals surface area contributed by atoms with E-state index in [1.54, 1.807) is 18.2 Å². The highest BCUT2D eigenvalue weighted by molar-refractivity contribution is 6.35. The first-order valence-electron chi connectivity index (χ1n) is 13.7. The third kappa shape index (κ3) is 6.55. The number of ether oxygens (including phenoxy) is 3. The summed E-state index contributed by atoms with van der Waals surface area (Å²) >= 11 is 12.2. The van der Waals surface area contributed by atoms with E-state index < -0.39 is 0 Å². The van der Waals surface area contributed by atoms with Crippen molar-refractivity contribution >= 4 is 40.2 Å². The Morgan fingerprint density at radius 3 is 2.51 bits per heavy atom. The van der Waals surface area contributed by atoms with Crippen molar-refractivity contribution in [2.75, 3.05) is 39.9 Å². The maximum Gasteiger partial charge on any atom is 0.337 e.